The largest absolute Gasteiger partial charge is 0.489 e. The zero-order valence-corrected chi connectivity index (χ0v) is 12.6. The van der Waals surface area contributed by atoms with E-state index in [1.54, 1.807) is 0 Å². The molecular weight excluding hydrogens is 258 g/mol. The van der Waals surface area contributed by atoms with Gasteiger partial charge in [0.2, 0.25) is 0 Å². The molecule has 21 heavy (non-hydrogen) atoms. The summed E-state index contributed by atoms with van der Waals surface area (Å²) >= 11 is 0. The Morgan fingerprint density at radius 3 is 2.33 bits per heavy atom. The molecule has 0 saturated heterocycles. The molecule has 0 spiro atoms. The van der Waals surface area contributed by atoms with Gasteiger partial charge in [-0.15, -0.1) is 0 Å². The lowest BCUT2D eigenvalue weighted by Gasteiger charge is -2.33. The van der Waals surface area contributed by atoms with Gasteiger partial charge in [0.15, 0.2) is 0 Å². The molecule has 1 fully saturated rings. The van der Waals surface area contributed by atoms with Crippen molar-refractivity contribution in [1.82, 2.24) is 5.32 Å². The van der Waals surface area contributed by atoms with E-state index in [4.69, 9.17) is 4.74 Å². The van der Waals surface area contributed by atoms with Crippen molar-refractivity contribution in [3.05, 3.63) is 65.7 Å². The van der Waals surface area contributed by atoms with Gasteiger partial charge < -0.3 is 10.1 Å². The summed E-state index contributed by atoms with van der Waals surface area (Å²) in [5, 5.41) is 3.60. The van der Waals surface area contributed by atoms with Gasteiger partial charge in [-0.05, 0) is 42.0 Å². The highest BCUT2D eigenvalue weighted by atomic mass is 16.5. The maximum atomic E-state index is 5.80. The molecule has 2 aromatic carbocycles. The van der Waals surface area contributed by atoms with Gasteiger partial charge in [0, 0.05) is 12.6 Å². The monoisotopic (exact) mass is 281 g/mol. The van der Waals surface area contributed by atoms with Crippen LogP contribution >= 0.6 is 0 Å². The average Bonchev–Trinajstić information content (AvgIpc) is 2.50. The number of benzene rings is 2. The first kappa shape index (κ1) is 14.2. The van der Waals surface area contributed by atoms with Crippen molar-refractivity contribution in [3.8, 4) is 5.75 Å². The molecule has 0 bridgehead atoms. The van der Waals surface area contributed by atoms with Gasteiger partial charge in [-0.2, -0.15) is 0 Å². The summed E-state index contributed by atoms with van der Waals surface area (Å²) < 4.78 is 5.80. The lowest BCUT2D eigenvalue weighted by Crippen LogP contribution is -2.39. The van der Waals surface area contributed by atoms with Gasteiger partial charge in [-0.25, -0.2) is 0 Å². The van der Waals surface area contributed by atoms with Crippen LogP contribution in [0.25, 0.3) is 0 Å². The fourth-order valence-corrected chi connectivity index (χ4v) is 2.78. The van der Waals surface area contributed by atoms with Gasteiger partial charge in [-0.3, -0.25) is 0 Å². The third-order valence-corrected chi connectivity index (χ3v) is 4.14. The first-order valence-corrected chi connectivity index (χ1v) is 7.78. The molecule has 0 radical (unpaired) electrons. The van der Waals surface area contributed by atoms with E-state index in [0.29, 0.717) is 12.6 Å². The summed E-state index contributed by atoms with van der Waals surface area (Å²) in [7, 11) is 0. The van der Waals surface area contributed by atoms with Gasteiger partial charge in [0.1, 0.15) is 12.4 Å². The van der Waals surface area contributed by atoms with Crippen LogP contribution < -0.4 is 10.1 Å². The van der Waals surface area contributed by atoms with E-state index in [2.05, 4.69) is 48.6 Å². The molecule has 2 heteroatoms. The molecule has 0 unspecified atom stereocenters. The quantitative estimate of drug-likeness (QED) is 0.858. The first-order chi connectivity index (χ1) is 10.3. The molecule has 3 rings (SSSR count). The fourth-order valence-electron chi connectivity index (χ4n) is 2.78. The Labute approximate surface area is 127 Å². The molecular formula is C19H23NO. The predicted molar refractivity (Wildman–Crippen MR) is 86.2 cm³/mol. The lowest BCUT2D eigenvalue weighted by atomic mass is 9.82. The van der Waals surface area contributed by atoms with Crippen LogP contribution in [-0.4, -0.2) is 6.04 Å². The maximum Gasteiger partial charge on any atom is 0.119 e. The molecule has 0 heterocycles. The zero-order chi connectivity index (χ0) is 14.5. The third kappa shape index (κ3) is 4.08. The molecule has 1 N–H and O–H groups in total. The summed E-state index contributed by atoms with van der Waals surface area (Å²) in [5.41, 5.74) is 2.52. The van der Waals surface area contributed by atoms with Gasteiger partial charge in [-0.1, -0.05) is 49.4 Å². The summed E-state index contributed by atoms with van der Waals surface area (Å²) in [5.74, 6) is 1.83. The highest BCUT2D eigenvalue weighted by Crippen LogP contribution is 2.26. The van der Waals surface area contributed by atoms with Crippen LogP contribution in [0.15, 0.2) is 54.6 Å². The van der Waals surface area contributed by atoms with Crippen LogP contribution in [0.4, 0.5) is 0 Å². The van der Waals surface area contributed by atoms with Crippen LogP contribution in [-0.2, 0) is 13.2 Å². The van der Waals surface area contributed by atoms with Crippen LogP contribution in [0, 0.1) is 5.92 Å². The molecule has 1 saturated carbocycles. The normalized spacial score (nSPS) is 20.8. The highest BCUT2D eigenvalue weighted by Gasteiger charge is 2.24. The van der Waals surface area contributed by atoms with Crippen molar-refractivity contribution >= 4 is 0 Å². The Morgan fingerprint density at radius 1 is 0.952 bits per heavy atom. The molecule has 110 valence electrons. The van der Waals surface area contributed by atoms with Crippen molar-refractivity contribution in [2.45, 2.75) is 39.0 Å². The number of hydrogen-bond acceptors (Lipinski definition) is 2. The van der Waals surface area contributed by atoms with Crippen LogP contribution in [0.2, 0.25) is 0 Å². The summed E-state index contributed by atoms with van der Waals surface area (Å²) in [6, 6.07) is 19.4. The highest BCUT2D eigenvalue weighted by molar-refractivity contribution is 5.27. The molecule has 0 aromatic heterocycles. The fraction of sp³-hybridized carbons (Fsp3) is 0.368. The van der Waals surface area contributed by atoms with E-state index in [0.717, 1.165) is 18.2 Å². The minimum atomic E-state index is 0.623. The summed E-state index contributed by atoms with van der Waals surface area (Å²) in [4.78, 5) is 0. The Bertz CT molecular complexity index is 544. The molecule has 2 nitrogen and oxygen atoms in total. The number of ether oxygens (including phenoxy) is 1. The van der Waals surface area contributed by atoms with Crippen LogP contribution in [0.1, 0.15) is 30.9 Å². The minimum absolute atomic E-state index is 0.623. The van der Waals surface area contributed by atoms with Gasteiger partial charge >= 0.3 is 0 Å². The van der Waals surface area contributed by atoms with Gasteiger partial charge in [0.25, 0.3) is 0 Å². The lowest BCUT2D eigenvalue weighted by molar-refractivity contribution is 0.240. The summed E-state index contributed by atoms with van der Waals surface area (Å²) in [6.07, 6.45) is 2.64. The maximum absolute atomic E-state index is 5.80. The van der Waals surface area contributed by atoms with E-state index >= 15 is 0 Å². The number of rotatable bonds is 6. The van der Waals surface area contributed by atoms with E-state index in [1.165, 1.54) is 24.0 Å². The van der Waals surface area contributed by atoms with Crippen LogP contribution in [0.3, 0.4) is 0 Å². The zero-order valence-electron chi connectivity index (χ0n) is 12.6. The van der Waals surface area contributed by atoms with Crippen molar-refractivity contribution < 1.29 is 4.74 Å². The smallest absolute Gasteiger partial charge is 0.119 e. The van der Waals surface area contributed by atoms with Crippen molar-refractivity contribution in [1.29, 1.82) is 0 Å². The first-order valence-electron chi connectivity index (χ1n) is 7.78. The molecule has 0 atom stereocenters. The second-order valence-electron chi connectivity index (χ2n) is 6.07. The second-order valence-corrected chi connectivity index (χ2v) is 6.07. The molecule has 0 amide bonds. The van der Waals surface area contributed by atoms with E-state index < -0.39 is 0 Å². The molecule has 0 aliphatic heterocycles. The Morgan fingerprint density at radius 2 is 1.67 bits per heavy atom. The Hall–Kier alpha value is -1.80. The molecule has 1 aliphatic rings. The molecule has 1 aliphatic carbocycles. The van der Waals surface area contributed by atoms with Gasteiger partial charge in [0.05, 0.1) is 0 Å². The van der Waals surface area contributed by atoms with E-state index in [1.807, 2.05) is 18.2 Å². The van der Waals surface area contributed by atoms with E-state index in [9.17, 15) is 0 Å². The summed E-state index contributed by atoms with van der Waals surface area (Å²) in [6.45, 7) is 3.89. The standard InChI is InChI=1S/C19H23NO/c1-15-11-18(12-15)20-13-16-7-9-19(10-8-16)21-14-17-5-3-2-4-6-17/h2-10,15,18,20H,11-14H2,1H3. The Balaban J connectivity index is 1.45. The Kier molecular flexibility index (Phi) is 4.56. The number of nitrogens with one attached hydrogen (secondary N) is 1. The van der Waals surface area contributed by atoms with Crippen LogP contribution in [0.5, 0.6) is 5.75 Å². The number of hydrogen-bond donors (Lipinski definition) is 1. The molecule has 2 aromatic rings. The predicted octanol–water partition coefficient (Wildman–Crippen LogP) is 4.15. The van der Waals surface area contributed by atoms with E-state index in [-0.39, 0.29) is 0 Å². The minimum Gasteiger partial charge on any atom is -0.489 e. The third-order valence-electron chi connectivity index (χ3n) is 4.14. The second kappa shape index (κ2) is 6.77. The average molecular weight is 281 g/mol. The SMILES string of the molecule is CC1CC(NCc2ccc(OCc3ccccc3)cc2)C1. The van der Waals surface area contributed by atoms with Crippen molar-refractivity contribution in [2.75, 3.05) is 0 Å². The van der Waals surface area contributed by atoms with Crippen molar-refractivity contribution in [3.63, 3.8) is 0 Å². The van der Waals surface area contributed by atoms with Crippen molar-refractivity contribution in [2.24, 2.45) is 5.92 Å². The topological polar surface area (TPSA) is 21.3 Å².